The Bertz CT molecular complexity index is 894. The number of rotatable bonds is 13. The lowest BCUT2D eigenvalue weighted by molar-refractivity contribution is 0.281. The molecule has 0 amide bonds. The average Bonchev–Trinajstić information content (AvgIpc) is 2.73. The molecule has 166 valence electrons. The molecule has 1 atom stereocenters. The maximum absolute atomic E-state index is 12.4. The Kier molecular flexibility index (Phi) is 9.96. The quantitative estimate of drug-likeness (QED) is 0.307. The number of anilines is 3. The number of aliphatic hydroxyl groups is 1. The van der Waals surface area contributed by atoms with Gasteiger partial charge in [-0.1, -0.05) is 32.6 Å². The lowest BCUT2D eigenvalue weighted by Gasteiger charge is -2.14. The molecule has 0 aliphatic carbocycles. The highest BCUT2D eigenvalue weighted by Gasteiger charge is 2.13. The molecule has 0 saturated carbocycles. The Hall–Kier alpha value is -1.75. The van der Waals surface area contributed by atoms with Crippen LogP contribution in [-0.2, 0) is 10.0 Å². The standard InChI is InChI=1S/C20H30BrN5O3S/c1-3-4-5-6-7-12-23-30(28,29)17-10-8-16(9-11-17)25-20-22-13-18(21)19(26-20)24-15(2)14-27/h8-11,13,15,23,27H,3-7,12,14H2,1-2H3,(H2,22,24,25,26)/t15-/m1/s1. The number of unbranched alkanes of at least 4 members (excludes halogenated alkanes) is 4. The first kappa shape index (κ1) is 24.5. The van der Waals surface area contributed by atoms with E-state index in [9.17, 15) is 13.5 Å². The molecule has 0 fully saturated rings. The monoisotopic (exact) mass is 499 g/mol. The van der Waals surface area contributed by atoms with Crippen molar-refractivity contribution >= 4 is 43.4 Å². The molecule has 0 radical (unpaired) electrons. The number of aliphatic hydroxyl groups excluding tert-OH is 1. The van der Waals surface area contributed by atoms with E-state index in [1.807, 2.05) is 6.92 Å². The number of sulfonamides is 1. The normalized spacial score (nSPS) is 12.5. The zero-order valence-corrected chi connectivity index (χ0v) is 19.8. The van der Waals surface area contributed by atoms with Crippen LogP contribution in [0.25, 0.3) is 0 Å². The summed E-state index contributed by atoms with van der Waals surface area (Å²) >= 11 is 3.37. The summed E-state index contributed by atoms with van der Waals surface area (Å²) in [5.74, 6) is 0.906. The van der Waals surface area contributed by atoms with E-state index in [2.05, 4.69) is 48.2 Å². The Morgan fingerprint density at radius 2 is 1.83 bits per heavy atom. The molecule has 0 aliphatic heterocycles. The van der Waals surface area contributed by atoms with Crippen molar-refractivity contribution in [1.29, 1.82) is 0 Å². The summed E-state index contributed by atoms with van der Waals surface area (Å²) in [5.41, 5.74) is 0.664. The number of hydrogen-bond acceptors (Lipinski definition) is 7. The fourth-order valence-corrected chi connectivity index (χ4v) is 4.05. The van der Waals surface area contributed by atoms with Crippen molar-refractivity contribution in [3.8, 4) is 0 Å². The highest BCUT2D eigenvalue weighted by atomic mass is 79.9. The van der Waals surface area contributed by atoms with E-state index in [0.717, 1.165) is 25.7 Å². The molecule has 0 aliphatic rings. The van der Waals surface area contributed by atoms with E-state index < -0.39 is 10.0 Å². The smallest absolute Gasteiger partial charge is 0.240 e. The third-order valence-corrected chi connectivity index (χ3v) is 6.45. The summed E-state index contributed by atoms with van der Waals surface area (Å²) < 4.78 is 28.2. The highest BCUT2D eigenvalue weighted by molar-refractivity contribution is 9.10. The van der Waals surface area contributed by atoms with Crippen LogP contribution in [0.5, 0.6) is 0 Å². The van der Waals surface area contributed by atoms with Crippen molar-refractivity contribution in [1.82, 2.24) is 14.7 Å². The Balaban J connectivity index is 1.96. The summed E-state index contributed by atoms with van der Waals surface area (Å²) in [6.45, 7) is 4.40. The third kappa shape index (κ3) is 7.82. The molecule has 1 aromatic heterocycles. The second kappa shape index (κ2) is 12.2. The van der Waals surface area contributed by atoms with Crippen molar-refractivity contribution in [2.24, 2.45) is 0 Å². The molecule has 8 nitrogen and oxygen atoms in total. The van der Waals surface area contributed by atoms with Gasteiger partial charge in [0, 0.05) is 24.5 Å². The maximum atomic E-state index is 12.4. The van der Waals surface area contributed by atoms with Crippen molar-refractivity contribution < 1.29 is 13.5 Å². The van der Waals surface area contributed by atoms with Gasteiger partial charge in [-0.25, -0.2) is 18.1 Å². The molecule has 4 N–H and O–H groups in total. The van der Waals surface area contributed by atoms with Crippen LogP contribution in [0.1, 0.15) is 46.0 Å². The summed E-state index contributed by atoms with van der Waals surface area (Å²) in [4.78, 5) is 8.80. The number of nitrogens with zero attached hydrogens (tertiary/aromatic N) is 2. The molecule has 30 heavy (non-hydrogen) atoms. The molecule has 10 heteroatoms. The van der Waals surface area contributed by atoms with Crippen LogP contribution in [0.4, 0.5) is 17.5 Å². The Labute approximate surface area is 187 Å². The number of benzene rings is 1. The fourth-order valence-electron chi connectivity index (χ4n) is 2.67. The first-order valence-electron chi connectivity index (χ1n) is 10.1. The van der Waals surface area contributed by atoms with E-state index in [1.165, 1.54) is 6.42 Å². The van der Waals surface area contributed by atoms with Crippen LogP contribution in [-0.4, -0.2) is 42.7 Å². The molecule has 1 heterocycles. The van der Waals surface area contributed by atoms with E-state index in [0.29, 0.717) is 28.5 Å². The van der Waals surface area contributed by atoms with Gasteiger partial charge in [-0.2, -0.15) is 4.98 Å². The van der Waals surface area contributed by atoms with Crippen molar-refractivity contribution in [3.63, 3.8) is 0 Å². The van der Waals surface area contributed by atoms with Gasteiger partial charge in [-0.05, 0) is 53.5 Å². The maximum Gasteiger partial charge on any atom is 0.240 e. The minimum atomic E-state index is -3.52. The molecular weight excluding hydrogens is 470 g/mol. The second-order valence-electron chi connectivity index (χ2n) is 7.08. The number of aromatic nitrogens is 2. The summed E-state index contributed by atoms with van der Waals surface area (Å²) in [5, 5.41) is 15.3. The van der Waals surface area contributed by atoms with Crippen LogP contribution >= 0.6 is 15.9 Å². The van der Waals surface area contributed by atoms with Crippen LogP contribution in [0, 0.1) is 0 Å². The van der Waals surface area contributed by atoms with Gasteiger partial charge in [-0.15, -0.1) is 0 Å². The van der Waals surface area contributed by atoms with Gasteiger partial charge in [0.25, 0.3) is 0 Å². The Morgan fingerprint density at radius 3 is 2.50 bits per heavy atom. The molecule has 2 rings (SSSR count). The van der Waals surface area contributed by atoms with Crippen LogP contribution in [0.15, 0.2) is 39.8 Å². The predicted molar refractivity (Wildman–Crippen MR) is 124 cm³/mol. The number of nitrogens with one attached hydrogen (secondary N) is 3. The highest BCUT2D eigenvalue weighted by Crippen LogP contribution is 2.23. The lowest BCUT2D eigenvalue weighted by atomic mass is 10.2. The number of hydrogen-bond donors (Lipinski definition) is 4. The van der Waals surface area contributed by atoms with Gasteiger partial charge < -0.3 is 15.7 Å². The molecule has 0 bridgehead atoms. The second-order valence-corrected chi connectivity index (χ2v) is 9.70. The van der Waals surface area contributed by atoms with Gasteiger partial charge >= 0.3 is 0 Å². The lowest BCUT2D eigenvalue weighted by Crippen LogP contribution is -2.24. The van der Waals surface area contributed by atoms with Crippen molar-refractivity contribution in [2.75, 3.05) is 23.8 Å². The van der Waals surface area contributed by atoms with E-state index in [-0.39, 0.29) is 17.5 Å². The molecule has 0 unspecified atom stereocenters. The largest absolute Gasteiger partial charge is 0.394 e. The SMILES string of the molecule is CCCCCCCNS(=O)(=O)c1ccc(Nc2ncc(Br)c(N[C@H](C)CO)n2)cc1. The van der Waals surface area contributed by atoms with E-state index in [1.54, 1.807) is 30.5 Å². The van der Waals surface area contributed by atoms with E-state index >= 15 is 0 Å². The average molecular weight is 500 g/mol. The third-order valence-electron chi connectivity index (χ3n) is 4.39. The van der Waals surface area contributed by atoms with Gasteiger partial charge in [0.05, 0.1) is 16.0 Å². The summed E-state index contributed by atoms with van der Waals surface area (Å²) in [6, 6.07) is 6.28. The van der Waals surface area contributed by atoms with Gasteiger partial charge in [0.15, 0.2) is 0 Å². The zero-order chi connectivity index (χ0) is 22.0. The number of halogens is 1. The molecular formula is C20H30BrN5O3S. The summed E-state index contributed by atoms with van der Waals surface area (Å²) in [6.07, 6.45) is 6.95. The van der Waals surface area contributed by atoms with Crippen LogP contribution < -0.4 is 15.4 Å². The molecule has 2 aromatic rings. The zero-order valence-electron chi connectivity index (χ0n) is 17.4. The predicted octanol–water partition coefficient (Wildman–Crippen LogP) is 4.02. The Morgan fingerprint density at radius 1 is 1.13 bits per heavy atom. The van der Waals surface area contributed by atoms with Gasteiger partial charge in [0.1, 0.15) is 5.82 Å². The minimum Gasteiger partial charge on any atom is -0.394 e. The van der Waals surface area contributed by atoms with Gasteiger partial charge in [0.2, 0.25) is 16.0 Å². The summed E-state index contributed by atoms with van der Waals surface area (Å²) in [7, 11) is -3.52. The van der Waals surface area contributed by atoms with E-state index in [4.69, 9.17) is 0 Å². The van der Waals surface area contributed by atoms with Crippen LogP contribution in [0.2, 0.25) is 0 Å². The topological polar surface area (TPSA) is 116 Å². The van der Waals surface area contributed by atoms with Crippen molar-refractivity contribution in [3.05, 3.63) is 34.9 Å². The first-order valence-corrected chi connectivity index (χ1v) is 12.4. The van der Waals surface area contributed by atoms with Gasteiger partial charge in [-0.3, -0.25) is 0 Å². The molecule has 1 aromatic carbocycles. The fraction of sp³-hybridized carbons (Fsp3) is 0.500. The first-order chi connectivity index (χ1) is 14.4. The molecule has 0 saturated heterocycles. The van der Waals surface area contributed by atoms with Crippen molar-refractivity contribution in [2.45, 2.75) is 56.9 Å². The minimum absolute atomic E-state index is 0.0259. The van der Waals surface area contributed by atoms with Crippen LogP contribution in [0.3, 0.4) is 0 Å². The molecule has 0 spiro atoms.